The van der Waals surface area contributed by atoms with E-state index in [-0.39, 0.29) is 12.7 Å². The van der Waals surface area contributed by atoms with Crippen molar-refractivity contribution in [2.75, 3.05) is 18.2 Å². The highest BCUT2D eigenvalue weighted by molar-refractivity contribution is 5.77. The minimum atomic E-state index is -0.640. The number of rotatable bonds is 3. The van der Waals surface area contributed by atoms with Crippen molar-refractivity contribution < 1.29 is 19.7 Å². The van der Waals surface area contributed by atoms with E-state index in [0.29, 0.717) is 31.7 Å². The molecular formula is C17H22N2O4. The Kier molecular flexibility index (Phi) is 4.54. The van der Waals surface area contributed by atoms with E-state index in [1.807, 2.05) is 24.3 Å². The third-order valence-corrected chi connectivity index (χ3v) is 4.39. The number of aliphatic hydroxyl groups excluding tert-OH is 2. The van der Waals surface area contributed by atoms with Gasteiger partial charge in [-0.1, -0.05) is 18.2 Å². The van der Waals surface area contributed by atoms with E-state index < -0.39 is 12.1 Å². The molecule has 6 heteroatoms. The first-order valence-electron chi connectivity index (χ1n) is 7.96. The molecule has 6 nitrogen and oxygen atoms in total. The number of anilines is 1. The molecular weight excluding hydrogens is 296 g/mol. The van der Waals surface area contributed by atoms with Crippen LogP contribution in [0.5, 0.6) is 0 Å². The highest BCUT2D eigenvalue weighted by Gasteiger charge is 2.34. The number of nitrogens with zero attached hydrogens (tertiary/aromatic N) is 1. The van der Waals surface area contributed by atoms with E-state index in [2.05, 4.69) is 5.32 Å². The zero-order valence-electron chi connectivity index (χ0n) is 13.2. The zero-order chi connectivity index (χ0) is 16.4. The molecule has 0 aliphatic carbocycles. The van der Waals surface area contributed by atoms with Gasteiger partial charge in [0.1, 0.15) is 18.6 Å². The Balaban J connectivity index is 1.97. The van der Waals surface area contributed by atoms with Gasteiger partial charge in [-0.25, -0.2) is 4.79 Å². The molecule has 2 heterocycles. The van der Waals surface area contributed by atoms with Crippen molar-refractivity contribution in [1.82, 2.24) is 5.32 Å². The van der Waals surface area contributed by atoms with Crippen LogP contribution in [0.25, 0.3) is 0 Å². The summed E-state index contributed by atoms with van der Waals surface area (Å²) in [6, 6.07) is 7.24. The number of esters is 1. The summed E-state index contributed by atoms with van der Waals surface area (Å²) in [5, 5.41) is 23.5. The van der Waals surface area contributed by atoms with Crippen LogP contribution in [0.15, 0.2) is 35.7 Å². The maximum absolute atomic E-state index is 12.1. The summed E-state index contributed by atoms with van der Waals surface area (Å²) in [4.78, 5) is 13.8. The van der Waals surface area contributed by atoms with Gasteiger partial charge in [-0.3, -0.25) is 0 Å². The topological polar surface area (TPSA) is 82.0 Å². The number of para-hydroxylation sites is 1. The van der Waals surface area contributed by atoms with Gasteiger partial charge in [0.2, 0.25) is 0 Å². The second-order valence-corrected chi connectivity index (χ2v) is 5.79. The second-order valence-electron chi connectivity index (χ2n) is 5.79. The van der Waals surface area contributed by atoms with Crippen LogP contribution in [0.2, 0.25) is 0 Å². The highest BCUT2D eigenvalue weighted by Crippen LogP contribution is 2.35. The molecule has 2 aliphatic rings. The number of ether oxygens (including phenoxy) is 1. The van der Waals surface area contributed by atoms with Gasteiger partial charge in [0.15, 0.2) is 0 Å². The van der Waals surface area contributed by atoms with Gasteiger partial charge >= 0.3 is 5.97 Å². The Morgan fingerprint density at radius 3 is 2.91 bits per heavy atom. The van der Waals surface area contributed by atoms with Crippen molar-refractivity contribution in [3.8, 4) is 0 Å². The molecule has 2 atom stereocenters. The molecule has 124 valence electrons. The molecule has 1 aromatic carbocycles. The fourth-order valence-electron chi connectivity index (χ4n) is 3.26. The summed E-state index contributed by atoms with van der Waals surface area (Å²) in [5.41, 5.74) is 2.75. The average molecular weight is 318 g/mol. The largest absolute Gasteiger partial charge is 0.464 e. The van der Waals surface area contributed by atoms with E-state index >= 15 is 0 Å². The average Bonchev–Trinajstić information content (AvgIpc) is 2.72. The maximum Gasteiger partial charge on any atom is 0.328 e. The molecule has 0 bridgehead atoms. The summed E-state index contributed by atoms with van der Waals surface area (Å²) in [7, 11) is 0. The van der Waals surface area contributed by atoms with Crippen LogP contribution in [-0.2, 0) is 16.0 Å². The molecule has 0 saturated carbocycles. The summed E-state index contributed by atoms with van der Waals surface area (Å²) in [6.45, 7) is 1.86. The number of fused-ring (bicyclic) bond motifs is 1. The van der Waals surface area contributed by atoms with E-state index in [4.69, 9.17) is 4.74 Å². The van der Waals surface area contributed by atoms with Crippen LogP contribution < -0.4 is 10.2 Å². The molecule has 3 N–H and O–H groups in total. The van der Waals surface area contributed by atoms with E-state index in [1.165, 1.54) is 0 Å². The first-order chi connectivity index (χ1) is 11.2. The van der Waals surface area contributed by atoms with Gasteiger partial charge in [0.05, 0.1) is 12.7 Å². The summed E-state index contributed by atoms with van der Waals surface area (Å²) >= 11 is 0. The fourth-order valence-corrected chi connectivity index (χ4v) is 3.26. The number of hydrogen-bond acceptors (Lipinski definition) is 6. The van der Waals surface area contributed by atoms with Crippen molar-refractivity contribution in [2.24, 2.45) is 0 Å². The Labute approximate surface area is 135 Å². The third-order valence-electron chi connectivity index (χ3n) is 4.39. The zero-order valence-corrected chi connectivity index (χ0v) is 13.2. The van der Waals surface area contributed by atoms with Crippen LogP contribution in [-0.4, -0.2) is 41.7 Å². The number of aliphatic hydroxyl groups is 2. The van der Waals surface area contributed by atoms with Crippen LogP contribution in [0.1, 0.15) is 25.3 Å². The number of carbonyl (C=O) groups excluding carboxylic acids is 1. The minimum absolute atomic E-state index is 0.231. The van der Waals surface area contributed by atoms with Crippen molar-refractivity contribution in [3.63, 3.8) is 0 Å². The number of nitrogens with one attached hydrogen (secondary N) is 1. The predicted molar refractivity (Wildman–Crippen MR) is 85.5 cm³/mol. The van der Waals surface area contributed by atoms with Gasteiger partial charge in [-0.2, -0.15) is 0 Å². The Morgan fingerprint density at radius 2 is 2.17 bits per heavy atom. The molecule has 23 heavy (non-hydrogen) atoms. The van der Waals surface area contributed by atoms with Crippen molar-refractivity contribution in [3.05, 3.63) is 41.2 Å². The Bertz CT molecular complexity index is 629. The van der Waals surface area contributed by atoms with Crippen molar-refractivity contribution in [1.29, 1.82) is 0 Å². The lowest BCUT2D eigenvalue weighted by Gasteiger charge is -2.35. The number of hydrogen-bond donors (Lipinski definition) is 3. The minimum Gasteiger partial charge on any atom is -0.464 e. The third kappa shape index (κ3) is 2.92. The van der Waals surface area contributed by atoms with E-state index in [9.17, 15) is 15.0 Å². The second kappa shape index (κ2) is 6.60. The van der Waals surface area contributed by atoms with Crippen LogP contribution >= 0.6 is 0 Å². The molecule has 0 amide bonds. The van der Waals surface area contributed by atoms with Crippen LogP contribution in [0.4, 0.5) is 5.69 Å². The van der Waals surface area contributed by atoms with Gasteiger partial charge in [-0.05, 0) is 31.4 Å². The van der Waals surface area contributed by atoms with Gasteiger partial charge in [-0.15, -0.1) is 0 Å². The van der Waals surface area contributed by atoms with E-state index in [1.54, 1.807) is 11.8 Å². The number of benzene rings is 1. The molecule has 3 rings (SSSR count). The monoisotopic (exact) mass is 318 g/mol. The number of carbonyl (C=O) groups is 1. The van der Waals surface area contributed by atoms with Gasteiger partial charge in [0, 0.05) is 17.7 Å². The molecule has 0 fully saturated rings. The first-order valence-corrected chi connectivity index (χ1v) is 7.96. The molecule has 0 aromatic heterocycles. The quantitative estimate of drug-likeness (QED) is 0.718. The standard InChI is InChI=1S/C17H22N2O4/c1-2-23-17(22)13-7-8-15(21)12-9-11-5-3-4-6-14(11)19(10-20)16(12)18-13/h3-6,13,15,18,20-21H,2,7-10H2,1H3. The predicted octanol–water partition coefficient (Wildman–Crippen LogP) is 0.886. The molecule has 1 aromatic rings. The highest BCUT2D eigenvalue weighted by atomic mass is 16.5. The first kappa shape index (κ1) is 15.8. The smallest absolute Gasteiger partial charge is 0.328 e. The molecule has 0 spiro atoms. The van der Waals surface area contributed by atoms with Crippen molar-refractivity contribution >= 4 is 11.7 Å². The van der Waals surface area contributed by atoms with Crippen LogP contribution in [0.3, 0.4) is 0 Å². The molecule has 0 saturated heterocycles. The molecule has 2 aliphatic heterocycles. The summed E-state index contributed by atoms with van der Waals surface area (Å²) in [5.74, 6) is 0.291. The van der Waals surface area contributed by atoms with Gasteiger partial charge < -0.3 is 25.2 Å². The normalized spacial score (nSPS) is 23.5. The lowest BCUT2D eigenvalue weighted by molar-refractivity contribution is -0.145. The van der Waals surface area contributed by atoms with Crippen molar-refractivity contribution in [2.45, 2.75) is 38.3 Å². The lowest BCUT2D eigenvalue weighted by Crippen LogP contribution is -2.44. The summed E-state index contributed by atoms with van der Waals surface area (Å²) in [6.07, 6.45) is 0.935. The summed E-state index contributed by atoms with van der Waals surface area (Å²) < 4.78 is 5.10. The molecule has 2 unspecified atom stereocenters. The Morgan fingerprint density at radius 1 is 1.39 bits per heavy atom. The SMILES string of the molecule is CCOC(=O)C1CCC(O)C2=C(N1)N(CO)c1ccccc1C2. The van der Waals surface area contributed by atoms with E-state index in [0.717, 1.165) is 16.8 Å². The van der Waals surface area contributed by atoms with Gasteiger partial charge in [0.25, 0.3) is 0 Å². The molecule has 0 radical (unpaired) electrons. The fraction of sp³-hybridized carbons (Fsp3) is 0.471. The van der Waals surface area contributed by atoms with Crippen LogP contribution in [0, 0.1) is 0 Å². The Hall–Kier alpha value is -2.05. The maximum atomic E-state index is 12.1. The lowest BCUT2D eigenvalue weighted by atomic mass is 9.93.